The van der Waals surface area contributed by atoms with Crippen molar-refractivity contribution in [3.63, 3.8) is 0 Å². The average molecular weight is 153 g/mol. The van der Waals surface area contributed by atoms with Crippen molar-refractivity contribution in [2.45, 2.75) is 0 Å². The van der Waals surface area contributed by atoms with Gasteiger partial charge in [0.1, 0.15) is 0 Å². The van der Waals surface area contributed by atoms with Crippen molar-refractivity contribution in [2.24, 2.45) is 0 Å². The molecular formula is C6H4FN3O. The predicted molar refractivity (Wildman–Crippen MR) is 34.6 cm³/mol. The van der Waals surface area contributed by atoms with Crippen molar-refractivity contribution in [1.82, 2.24) is 14.6 Å². The highest BCUT2D eigenvalue weighted by atomic mass is 19.1. The van der Waals surface area contributed by atoms with E-state index in [9.17, 15) is 4.39 Å². The first-order valence-electron chi connectivity index (χ1n) is 2.96. The van der Waals surface area contributed by atoms with Crippen molar-refractivity contribution in [3.8, 4) is 5.88 Å². The largest absolute Gasteiger partial charge is 0.491 e. The zero-order chi connectivity index (χ0) is 7.84. The Bertz CT molecular complexity index is 362. The summed E-state index contributed by atoms with van der Waals surface area (Å²) in [7, 11) is 0. The molecule has 0 unspecified atom stereocenters. The van der Waals surface area contributed by atoms with Gasteiger partial charge in [0.05, 0.1) is 12.4 Å². The molecule has 4 nitrogen and oxygen atoms in total. The summed E-state index contributed by atoms with van der Waals surface area (Å²) in [5, 5.41) is 12.5. The van der Waals surface area contributed by atoms with Crippen molar-refractivity contribution < 1.29 is 9.50 Å². The minimum Gasteiger partial charge on any atom is -0.491 e. The molecule has 2 rings (SSSR count). The highest BCUT2D eigenvalue weighted by Crippen LogP contribution is 2.11. The van der Waals surface area contributed by atoms with Gasteiger partial charge >= 0.3 is 0 Å². The third kappa shape index (κ3) is 0.813. The lowest BCUT2D eigenvalue weighted by molar-refractivity contribution is 0.409. The zero-order valence-electron chi connectivity index (χ0n) is 5.40. The first-order chi connectivity index (χ1) is 5.27. The molecule has 0 aliphatic carbocycles. The number of hydrogen-bond donors (Lipinski definition) is 1. The molecule has 0 aliphatic heterocycles. The molecule has 0 saturated carbocycles. The maximum Gasteiger partial charge on any atom is 0.251 e. The van der Waals surface area contributed by atoms with Gasteiger partial charge in [0, 0.05) is 6.07 Å². The van der Waals surface area contributed by atoms with E-state index in [0.29, 0.717) is 5.65 Å². The Morgan fingerprint density at radius 3 is 3.18 bits per heavy atom. The fourth-order valence-corrected chi connectivity index (χ4v) is 0.822. The van der Waals surface area contributed by atoms with Crippen LogP contribution in [0.2, 0.25) is 0 Å². The molecule has 0 aliphatic rings. The van der Waals surface area contributed by atoms with Gasteiger partial charge in [-0.15, -0.1) is 0 Å². The molecule has 5 heteroatoms. The summed E-state index contributed by atoms with van der Waals surface area (Å²) >= 11 is 0. The van der Waals surface area contributed by atoms with Crippen LogP contribution in [0.25, 0.3) is 5.65 Å². The Balaban J connectivity index is 2.86. The molecule has 0 amide bonds. The number of halogens is 1. The summed E-state index contributed by atoms with van der Waals surface area (Å²) in [6, 6.07) is 1.57. The number of nitrogens with zero attached hydrogens (tertiary/aromatic N) is 3. The fourth-order valence-electron chi connectivity index (χ4n) is 0.822. The van der Waals surface area contributed by atoms with Crippen molar-refractivity contribution in [1.29, 1.82) is 0 Å². The predicted octanol–water partition coefficient (Wildman–Crippen LogP) is 0.574. The molecule has 0 atom stereocenters. The molecule has 0 aromatic carbocycles. The normalized spacial score (nSPS) is 10.6. The van der Waals surface area contributed by atoms with E-state index in [2.05, 4.69) is 10.1 Å². The van der Waals surface area contributed by atoms with Crippen LogP contribution in [0.1, 0.15) is 0 Å². The van der Waals surface area contributed by atoms with Gasteiger partial charge in [-0.1, -0.05) is 0 Å². The second-order valence-corrected chi connectivity index (χ2v) is 2.05. The van der Waals surface area contributed by atoms with Gasteiger partial charge in [-0.25, -0.2) is 4.52 Å². The summed E-state index contributed by atoms with van der Waals surface area (Å²) < 4.78 is 13.8. The van der Waals surface area contributed by atoms with Crippen LogP contribution < -0.4 is 0 Å². The van der Waals surface area contributed by atoms with Crippen molar-refractivity contribution in [3.05, 3.63) is 24.3 Å². The Hall–Kier alpha value is -1.65. The molecular weight excluding hydrogens is 149 g/mol. The smallest absolute Gasteiger partial charge is 0.251 e. The van der Waals surface area contributed by atoms with Crippen LogP contribution in [0.3, 0.4) is 0 Å². The standard InChI is InChI=1S/C6H4FN3O/c7-4-3-10-5(1-2-8-10)9-6(4)11/h1-3H,(H,9,11). The van der Waals surface area contributed by atoms with E-state index in [-0.39, 0.29) is 0 Å². The zero-order valence-corrected chi connectivity index (χ0v) is 5.40. The highest BCUT2D eigenvalue weighted by Gasteiger charge is 2.03. The van der Waals surface area contributed by atoms with Gasteiger partial charge in [0.15, 0.2) is 5.65 Å². The summed E-state index contributed by atoms with van der Waals surface area (Å²) in [6.45, 7) is 0. The molecule has 2 heterocycles. The average Bonchev–Trinajstić information content (AvgIpc) is 2.36. The lowest BCUT2D eigenvalue weighted by Gasteiger charge is -1.94. The molecule has 0 bridgehead atoms. The van der Waals surface area contributed by atoms with E-state index in [1.54, 1.807) is 6.07 Å². The number of rotatable bonds is 0. The fraction of sp³-hybridized carbons (Fsp3) is 0. The Kier molecular flexibility index (Phi) is 1.06. The highest BCUT2D eigenvalue weighted by molar-refractivity contribution is 5.37. The molecule has 0 fully saturated rings. The van der Waals surface area contributed by atoms with Gasteiger partial charge in [-0.05, 0) is 0 Å². The van der Waals surface area contributed by atoms with Crippen LogP contribution in [-0.4, -0.2) is 19.7 Å². The summed E-state index contributed by atoms with van der Waals surface area (Å²) in [5.74, 6) is -1.38. The van der Waals surface area contributed by atoms with Crippen LogP contribution in [0.4, 0.5) is 4.39 Å². The Morgan fingerprint density at radius 2 is 2.36 bits per heavy atom. The topological polar surface area (TPSA) is 50.4 Å². The van der Waals surface area contributed by atoms with Gasteiger partial charge in [-0.2, -0.15) is 14.5 Å². The van der Waals surface area contributed by atoms with E-state index < -0.39 is 11.7 Å². The number of fused-ring (bicyclic) bond motifs is 1. The van der Waals surface area contributed by atoms with Crippen LogP contribution >= 0.6 is 0 Å². The van der Waals surface area contributed by atoms with Crippen molar-refractivity contribution in [2.75, 3.05) is 0 Å². The first-order valence-corrected chi connectivity index (χ1v) is 2.96. The molecule has 2 aromatic heterocycles. The van der Waals surface area contributed by atoms with E-state index in [4.69, 9.17) is 5.11 Å². The lowest BCUT2D eigenvalue weighted by Crippen LogP contribution is -1.91. The SMILES string of the molecule is Oc1nc2ccnn2cc1F. The molecule has 0 spiro atoms. The molecule has 1 N–H and O–H groups in total. The molecule has 0 radical (unpaired) electrons. The van der Waals surface area contributed by atoms with Gasteiger partial charge in [0.2, 0.25) is 5.82 Å². The Morgan fingerprint density at radius 1 is 1.55 bits per heavy atom. The second kappa shape index (κ2) is 1.91. The van der Waals surface area contributed by atoms with Crippen molar-refractivity contribution >= 4 is 5.65 Å². The lowest BCUT2D eigenvalue weighted by atomic mass is 10.5. The van der Waals surface area contributed by atoms with E-state index in [1.807, 2.05) is 0 Å². The van der Waals surface area contributed by atoms with Gasteiger partial charge in [0.25, 0.3) is 5.88 Å². The monoisotopic (exact) mass is 153 g/mol. The molecule has 2 aromatic rings. The number of aromatic hydroxyl groups is 1. The van der Waals surface area contributed by atoms with Gasteiger partial charge in [-0.3, -0.25) is 0 Å². The minimum absolute atomic E-state index is 0.420. The quantitative estimate of drug-likeness (QED) is 0.602. The van der Waals surface area contributed by atoms with Crippen LogP contribution in [0.15, 0.2) is 18.5 Å². The van der Waals surface area contributed by atoms with E-state index in [1.165, 1.54) is 10.7 Å². The number of hydrogen-bond acceptors (Lipinski definition) is 3. The molecule has 11 heavy (non-hydrogen) atoms. The summed E-state index contributed by atoms with van der Waals surface area (Å²) in [5.41, 5.74) is 0.420. The third-order valence-corrected chi connectivity index (χ3v) is 1.32. The Labute approximate surface area is 60.9 Å². The molecule has 0 saturated heterocycles. The maximum absolute atomic E-state index is 12.6. The van der Waals surface area contributed by atoms with Crippen LogP contribution in [-0.2, 0) is 0 Å². The number of aromatic nitrogens is 3. The third-order valence-electron chi connectivity index (χ3n) is 1.32. The second-order valence-electron chi connectivity index (χ2n) is 2.05. The summed E-state index contributed by atoms with van der Waals surface area (Å²) in [4.78, 5) is 3.52. The first kappa shape index (κ1) is 6.09. The van der Waals surface area contributed by atoms with E-state index in [0.717, 1.165) is 6.20 Å². The van der Waals surface area contributed by atoms with Crippen LogP contribution in [0, 0.1) is 5.82 Å². The van der Waals surface area contributed by atoms with Gasteiger partial charge < -0.3 is 5.11 Å². The van der Waals surface area contributed by atoms with E-state index >= 15 is 0 Å². The van der Waals surface area contributed by atoms with Crippen LogP contribution in [0.5, 0.6) is 5.88 Å². The summed E-state index contributed by atoms with van der Waals surface area (Å²) in [6.07, 6.45) is 2.54. The molecule has 56 valence electrons. The maximum atomic E-state index is 12.6. The minimum atomic E-state index is -0.777.